The van der Waals surface area contributed by atoms with Crippen molar-refractivity contribution in [2.45, 2.75) is 26.7 Å². The molecule has 0 rings (SSSR count). The summed E-state index contributed by atoms with van der Waals surface area (Å²) in [6.07, 6.45) is 1.53. The Morgan fingerprint density at radius 3 is 0.690 bits per heavy atom. The van der Waals surface area contributed by atoms with E-state index in [0.717, 1.165) is 12.8 Å². The molecule has 178 valence electrons. The van der Waals surface area contributed by atoms with Crippen LogP contribution in [0.2, 0.25) is 0 Å². The van der Waals surface area contributed by atoms with Gasteiger partial charge >= 0.3 is 21.7 Å². The molecule has 0 saturated carbocycles. The molecule has 0 aromatic carbocycles. The quantitative estimate of drug-likeness (QED) is 0.139. The van der Waals surface area contributed by atoms with Gasteiger partial charge in [-0.05, 0) is 0 Å². The molecule has 0 atom stereocenters. The van der Waals surface area contributed by atoms with Gasteiger partial charge in [-0.15, -0.1) is 13.2 Å². The van der Waals surface area contributed by atoms with Crippen LogP contribution in [0.5, 0.6) is 0 Å². The van der Waals surface area contributed by atoms with E-state index in [4.69, 9.17) is 30.6 Å². The van der Waals surface area contributed by atoms with Crippen LogP contribution >= 0.6 is 0 Å². The zero-order valence-electron chi connectivity index (χ0n) is 18.2. The van der Waals surface area contributed by atoms with Gasteiger partial charge in [0.15, 0.2) is 0 Å². The summed E-state index contributed by atoms with van der Waals surface area (Å²) >= 11 is 0. The van der Waals surface area contributed by atoms with Crippen molar-refractivity contribution in [2.24, 2.45) is 0 Å². The second-order valence-electron chi connectivity index (χ2n) is 5.43. The molecular formula is C18H44N2O8Ti. The molecule has 0 aromatic rings. The Balaban J connectivity index is -0.0000000950. The fourth-order valence-electron chi connectivity index (χ4n) is 1.52. The molecule has 11 heteroatoms. The van der Waals surface area contributed by atoms with Crippen molar-refractivity contribution in [1.82, 2.24) is 9.80 Å². The molecule has 0 spiro atoms. The first kappa shape index (κ1) is 39.8. The predicted molar refractivity (Wildman–Crippen MR) is 106 cm³/mol. The standard InChI is InChI=1S/2C6H15NO3.2C3H7O.Ti/c2*8-4-1-7(2-5-9)3-6-10;2*1-2-3-4;/h2*8-10H,1-6H2;2*2-3H2,1H3;/q;;2*-1;+2. The summed E-state index contributed by atoms with van der Waals surface area (Å²) in [5, 5.41) is 69.5. The Bertz CT molecular complexity index is 182. The van der Waals surface area contributed by atoms with Crippen molar-refractivity contribution in [3.8, 4) is 0 Å². The fraction of sp³-hybridized carbons (Fsp3) is 1.00. The van der Waals surface area contributed by atoms with Crippen LogP contribution in [0, 0.1) is 0 Å². The molecule has 0 fully saturated rings. The minimum absolute atomic E-state index is 0. The maximum absolute atomic E-state index is 9.30. The minimum Gasteiger partial charge on any atom is -0.854 e. The second kappa shape index (κ2) is 42.4. The molecule has 0 bridgehead atoms. The summed E-state index contributed by atoms with van der Waals surface area (Å²) in [5.74, 6) is 0. The van der Waals surface area contributed by atoms with Crippen LogP contribution in [0.1, 0.15) is 26.7 Å². The van der Waals surface area contributed by atoms with Gasteiger partial charge < -0.3 is 40.9 Å². The van der Waals surface area contributed by atoms with Gasteiger partial charge in [-0.3, -0.25) is 9.80 Å². The minimum atomic E-state index is 0. The Hall–Kier alpha value is 0.314. The van der Waals surface area contributed by atoms with E-state index in [1.54, 1.807) is 9.80 Å². The Morgan fingerprint density at radius 2 is 0.621 bits per heavy atom. The molecule has 0 heterocycles. The van der Waals surface area contributed by atoms with E-state index in [1.165, 1.54) is 0 Å². The van der Waals surface area contributed by atoms with E-state index in [0.29, 0.717) is 39.3 Å². The van der Waals surface area contributed by atoms with Crippen LogP contribution in [0.3, 0.4) is 0 Å². The second-order valence-corrected chi connectivity index (χ2v) is 5.43. The number of aliphatic hydroxyl groups excluding tert-OH is 6. The maximum Gasteiger partial charge on any atom is 2.00 e. The number of rotatable bonds is 14. The topological polar surface area (TPSA) is 174 Å². The van der Waals surface area contributed by atoms with E-state index in [1.807, 2.05) is 13.8 Å². The summed E-state index contributed by atoms with van der Waals surface area (Å²) in [6.45, 7) is 7.38. The molecule has 0 aliphatic heterocycles. The molecule has 0 amide bonds. The number of aliphatic hydroxyl groups is 6. The normalized spacial score (nSPS) is 9.52. The summed E-state index contributed by atoms with van der Waals surface area (Å²) in [7, 11) is 0. The molecule has 6 N–H and O–H groups in total. The molecule has 0 aliphatic carbocycles. The molecule has 29 heavy (non-hydrogen) atoms. The Kier molecular flexibility index (Phi) is 58.2. The first-order valence-corrected chi connectivity index (χ1v) is 9.79. The largest absolute Gasteiger partial charge is 2.00 e. The molecular weight excluding hydrogens is 420 g/mol. The number of hydrogen-bond donors (Lipinski definition) is 6. The summed E-state index contributed by atoms with van der Waals surface area (Å²) in [5.41, 5.74) is 0. The Labute approximate surface area is 191 Å². The van der Waals surface area contributed by atoms with E-state index in [-0.39, 0.29) is 74.6 Å². The van der Waals surface area contributed by atoms with Crippen LogP contribution in [-0.4, -0.2) is 133 Å². The fourth-order valence-corrected chi connectivity index (χ4v) is 1.52. The van der Waals surface area contributed by atoms with Gasteiger partial charge in [0, 0.05) is 39.3 Å². The average molecular weight is 464 g/mol. The zero-order chi connectivity index (χ0) is 22.5. The Morgan fingerprint density at radius 1 is 0.483 bits per heavy atom. The summed E-state index contributed by atoms with van der Waals surface area (Å²) in [4.78, 5) is 3.58. The van der Waals surface area contributed by atoms with E-state index in [2.05, 4.69) is 0 Å². The average Bonchev–Trinajstić information content (AvgIpc) is 2.70. The van der Waals surface area contributed by atoms with Crippen molar-refractivity contribution in [3.63, 3.8) is 0 Å². The van der Waals surface area contributed by atoms with Crippen molar-refractivity contribution in [2.75, 3.05) is 92.1 Å². The SMILES string of the molecule is CCC[O-].CCC[O-].OCCN(CCO)CCO.OCCN(CCO)CCO.[Ti+2]. The summed E-state index contributed by atoms with van der Waals surface area (Å²) in [6, 6.07) is 0. The molecule has 0 unspecified atom stereocenters. The van der Waals surface area contributed by atoms with Gasteiger partial charge in [-0.1, -0.05) is 26.7 Å². The van der Waals surface area contributed by atoms with Gasteiger partial charge in [0.2, 0.25) is 0 Å². The summed E-state index contributed by atoms with van der Waals surface area (Å²) < 4.78 is 0. The number of nitrogens with zero attached hydrogens (tertiary/aromatic N) is 2. The van der Waals surface area contributed by atoms with E-state index in [9.17, 15) is 10.2 Å². The molecule has 10 nitrogen and oxygen atoms in total. The molecule has 0 saturated heterocycles. The van der Waals surface area contributed by atoms with Crippen LogP contribution in [0.15, 0.2) is 0 Å². The first-order chi connectivity index (χ1) is 13.5. The molecule has 0 aromatic heterocycles. The zero-order valence-corrected chi connectivity index (χ0v) is 19.8. The molecule has 0 radical (unpaired) electrons. The van der Waals surface area contributed by atoms with Crippen LogP contribution < -0.4 is 10.2 Å². The van der Waals surface area contributed by atoms with Crippen molar-refractivity contribution < 1.29 is 62.6 Å². The van der Waals surface area contributed by atoms with Gasteiger partial charge in [0.1, 0.15) is 0 Å². The van der Waals surface area contributed by atoms with Crippen LogP contribution in [-0.2, 0) is 21.7 Å². The third kappa shape index (κ3) is 47.5. The third-order valence-corrected chi connectivity index (χ3v) is 2.91. The van der Waals surface area contributed by atoms with E-state index >= 15 is 0 Å². The van der Waals surface area contributed by atoms with Crippen molar-refractivity contribution >= 4 is 0 Å². The van der Waals surface area contributed by atoms with Crippen LogP contribution in [0.4, 0.5) is 0 Å². The van der Waals surface area contributed by atoms with Crippen LogP contribution in [0.25, 0.3) is 0 Å². The molecule has 0 aliphatic rings. The van der Waals surface area contributed by atoms with Gasteiger partial charge in [0.25, 0.3) is 0 Å². The number of hydrogen-bond acceptors (Lipinski definition) is 10. The first-order valence-electron chi connectivity index (χ1n) is 9.79. The smallest absolute Gasteiger partial charge is 0.854 e. The van der Waals surface area contributed by atoms with Crippen molar-refractivity contribution in [1.29, 1.82) is 0 Å². The third-order valence-electron chi connectivity index (χ3n) is 2.91. The monoisotopic (exact) mass is 464 g/mol. The van der Waals surface area contributed by atoms with Gasteiger partial charge in [0.05, 0.1) is 39.6 Å². The van der Waals surface area contributed by atoms with Gasteiger partial charge in [-0.25, -0.2) is 0 Å². The van der Waals surface area contributed by atoms with Crippen molar-refractivity contribution in [3.05, 3.63) is 0 Å². The predicted octanol–water partition coefficient (Wildman–Crippen LogP) is -3.96. The van der Waals surface area contributed by atoms with Gasteiger partial charge in [-0.2, -0.15) is 0 Å². The maximum atomic E-state index is 9.30. The van der Waals surface area contributed by atoms with E-state index < -0.39 is 0 Å².